The van der Waals surface area contributed by atoms with Crippen LogP contribution in [0.2, 0.25) is 0 Å². The Balaban J connectivity index is 2.05. The highest BCUT2D eigenvalue weighted by Crippen LogP contribution is 2.32. The maximum absolute atomic E-state index is 12.8. The zero-order valence-corrected chi connectivity index (χ0v) is 14.2. The number of imide groups is 2. The lowest BCUT2D eigenvalue weighted by molar-refractivity contribution is -0.135. The summed E-state index contributed by atoms with van der Waals surface area (Å²) in [6.45, 7) is -0.750. The molecule has 8 nitrogen and oxygen atoms in total. The number of alkyl halides is 3. The van der Waals surface area contributed by atoms with E-state index in [4.69, 9.17) is 0 Å². The van der Waals surface area contributed by atoms with Crippen molar-refractivity contribution < 1.29 is 32.3 Å². The van der Waals surface area contributed by atoms with Crippen molar-refractivity contribution in [1.82, 2.24) is 20.9 Å². The van der Waals surface area contributed by atoms with Crippen molar-refractivity contribution in [2.24, 2.45) is 0 Å². The van der Waals surface area contributed by atoms with Gasteiger partial charge in [0.25, 0.3) is 5.91 Å². The van der Waals surface area contributed by atoms with Crippen molar-refractivity contribution in [3.05, 3.63) is 35.9 Å². The summed E-state index contributed by atoms with van der Waals surface area (Å²) in [4.78, 5) is 48.7. The molecule has 11 heteroatoms. The molecule has 1 aliphatic rings. The molecule has 1 aliphatic heterocycles. The van der Waals surface area contributed by atoms with Gasteiger partial charge in [-0.2, -0.15) is 13.2 Å². The summed E-state index contributed by atoms with van der Waals surface area (Å²) in [6, 6.07) is 6.19. The number of hydrogen-bond donors (Lipinski definition) is 3. The highest BCUT2D eigenvalue weighted by atomic mass is 19.4. The largest absolute Gasteiger partial charge is 0.405 e. The third kappa shape index (κ3) is 4.54. The lowest BCUT2D eigenvalue weighted by Crippen LogP contribution is -2.48. The van der Waals surface area contributed by atoms with Gasteiger partial charge < -0.3 is 10.6 Å². The Labute approximate surface area is 152 Å². The molecule has 1 aromatic carbocycles. The van der Waals surface area contributed by atoms with E-state index in [1.807, 2.05) is 0 Å². The summed E-state index contributed by atoms with van der Waals surface area (Å²) in [5.74, 6) is -1.79. The minimum absolute atomic E-state index is 0.214. The number of halogens is 3. The standard InChI is InChI=1S/C16H17F3N4O4/c1-2-15(10-6-4-3-5-7-10)12(25)23(14(27)22-15)8-11(24)21-13(26)20-9-16(17,18)19/h3-7H,2,8-9H2,1H3,(H,22,27)(H2,20,21,24,26)/t15-/m1/s1. The topological polar surface area (TPSA) is 108 Å². The average molecular weight is 386 g/mol. The van der Waals surface area contributed by atoms with E-state index in [2.05, 4.69) is 5.32 Å². The number of rotatable bonds is 5. The zero-order valence-electron chi connectivity index (χ0n) is 14.2. The van der Waals surface area contributed by atoms with E-state index in [9.17, 15) is 32.3 Å². The lowest BCUT2D eigenvalue weighted by Gasteiger charge is -2.25. The molecule has 0 aliphatic carbocycles. The predicted octanol–water partition coefficient (Wildman–Crippen LogP) is 1.23. The number of nitrogens with one attached hydrogen (secondary N) is 3. The summed E-state index contributed by atoms with van der Waals surface area (Å²) in [5, 5.41) is 5.64. The molecule has 0 aromatic heterocycles. The quantitative estimate of drug-likeness (QED) is 0.662. The Hall–Kier alpha value is -3.11. The molecule has 1 atom stereocenters. The predicted molar refractivity (Wildman–Crippen MR) is 86.3 cm³/mol. The van der Waals surface area contributed by atoms with Gasteiger partial charge in [-0.3, -0.25) is 19.8 Å². The van der Waals surface area contributed by atoms with Crippen molar-refractivity contribution in [2.75, 3.05) is 13.1 Å². The van der Waals surface area contributed by atoms with E-state index < -0.39 is 48.7 Å². The summed E-state index contributed by atoms with van der Waals surface area (Å²) < 4.78 is 36.1. The van der Waals surface area contributed by atoms with Gasteiger partial charge in [0.15, 0.2) is 0 Å². The van der Waals surface area contributed by atoms with Crippen LogP contribution >= 0.6 is 0 Å². The maximum Gasteiger partial charge on any atom is 0.405 e. The molecule has 0 bridgehead atoms. The van der Waals surface area contributed by atoms with Gasteiger partial charge >= 0.3 is 18.2 Å². The molecule has 146 valence electrons. The summed E-state index contributed by atoms with van der Waals surface area (Å²) in [6.07, 6.45) is -4.42. The van der Waals surface area contributed by atoms with Gasteiger partial charge in [0, 0.05) is 0 Å². The van der Waals surface area contributed by atoms with Gasteiger partial charge in [-0.1, -0.05) is 37.3 Å². The Kier molecular flexibility index (Phi) is 5.72. The first-order chi connectivity index (χ1) is 12.6. The molecule has 0 radical (unpaired) electrons. The van der Waals surface area contributed by atoms with Crippen LogP contribution in [0.5, 0.6) is 0 Å². The second-order valence-corrected chi connectivity index (χ2v) is 5.79. The molecule has 0 saturated carbocycles. The molecule has 2 rings (SSSR count). The number of carbonyl (C=O) groups is 4. The number of nitrogens with zero attached hydrogens (tertiary/aromatic N) is 1. The Morgan fingerprint density at radius 2 is 1.81 bits per heavy atom. The minimum atomic E-state index is -4.64. The molecule has 6 amide bonds. The van der Waals surface area contributed by atoms with Crippen molar-refractivity contribution in [1.29, 1.82) is 0 Å². The Morgan fingerprint density at radius 3 is 2.37 bits per heavy atom. The van der Waals surface area contributed by atoms with Crippen LogP contribution in [-0.4, -0.2) is 48.0 Å². The van der Waals surface area contributed by atoms with E-state index in [-0.39, 0.29) is 6.42 Å². The fourth-order valence-electron chi connectivity index (χ4n) is 2.67. The lowest BCUT2D eigenvalue weighted by atomic mass is 9.87. The van der Waals surface area contributed by atoms with Crippen LogP contribution in [0.1, 0.15) is 18.9 Å². The number of hydrogen-bond acceptors (Lipinski definition) is 4. The average Bonchev–Trinajstić information content (AvgIpc) is 2.85. The Morgan fingerprint density at radius 1 is 1.19 bits per heavy atom. The van der Waals surface area contributed by atoms with Crippen LogP contribution in [0, 0.1) is 0 Å². The molecule has 1 saturated heterocycles. The Bertz CT molecular complexity index is 754. The summed E-state index contributed by atoms with van der Waals surface area (Å²) >= 11 is 0. The van der Waals surface area contributed by atoms with Gasteiger partial charge in [-0.05, 0) is 12.0 Å². The van der Waals surface area contributed by atoms with Gasteiger partial charge in [0.05, 0.1) is 0 Å². The second kappa shape index (κ2) is 7.64. The number of amides is 6. The molecule has 1 fully saturated rings. The highest BCUT2D eigenvalue weighted by molar-refractivity contribution is 6.10. The first-order valence-corrected chi connectivity index (χ1v) is 7.93. The third-order valence-corrected chi connectivity index (χ3v) is 3.98. The van der Waals surface area contributed by atoms with Crippen molar-refractivity contribution in [3.8, 4) is 0 Å². The van der Waals surface area contributed by atoms with Gasteiger partial charge in [-0.25, -0.2) is 9.59 Å². The van der Waals surface area contributed by atoms with Crippen LogP contribution in [0.25, 0.3) is 0 Å². The summed E-state index contributed by atoms with van der Waals surface area (Å²) in [5.41, 5.74) is -0.825. The molecule has 3 N–H and O–H groups in total. The van der Waals surface area contributed by atoms with E-state index in [0.717, 1.165) is 0 Å². The van der Waals surface area contributed by atoms with Crippen molar-refractivity contribution >= 4 is 23.9 Å². The zero-order chi connectivity index (χ0) is 20.2. The van der Waals surface area contributed by atoms with Crippen LogP contribution in [0.3, 0.4) is 0 Å². The molecular formula is C16H17F3N4O4. The van der Waals surface area contributed by atoms with Crippen molar-refractivity contribution in [2.45, 2.75) is 25.1 Å². The normalized spacial score (nSPS) is 19.6. The van der Waals surface area contributed by atoms with E-state index in [0.29, 0.717) is 10.5 Å². The number of benzene rings is 1. The fourth-order valence-corrected chi connectivity index (χ4v) is 2.67. The van der Waals surface area contributed by atoms with E-state index in [1.165, 1.54) is 5.32 Å². The van der Waals surface area contributed by atoms with Gasteiger partial charge in [0.2, 0.25) is 5.91 Å². The fraction of sp³-hybridized carbons (Fsp3) is 0.375. The van der Waals surface area contributed by atoms with E-state index >= 15 is 0 Å². The van der Waals surface area contributed by atoms with Crippen LogP contribution in [-0.2, 0) is 15.1 Å². The molecule has 0 spiro atoms. The van der Waals surface area contributed by atoms with Crippen molar-refractivity contribution in [3.63, 3.8) is 0 Å². The number of urea groups is 2. The maximum atomic E-state index is 12.8. The third-order valence-electron chi connectivity index (χ3n) is 3.98. The van der Waals surface area contributed by atoms with Crippen LogP contribution in [0.15, 0.2) is 30.3 Å². The van der Waals surface area contributed by atoms with Gasteiger partial charge in [0.1, 0.15) is 18.6 Å². The first kappa shape index (κ1) is 20.2. The molecule has 1 aromatic rings. The molecule has 1 heterocycles. The van der Waals surface area contributed by atoms with Gasteiger partial charge in [-0.15, -0.1) is 0 Å². The highest BCUT2D eigenvalue weighted by Gasteiger charge is 2.51. The van der Waals surface area contributed by atoms with Crippen LogP contribution in [0.4, 0.5) is 22.8 Å². The molecule has 27 heavy (non-hydrogen) atoms. The molecular weight excluding hydrogens is 369 g/mol. The van der Waals surface area contributed by atoms with Crippen LogP contribution < -0.4 is 16.0 Å². The molecule has 0 unspecified atom stereocenters. The smallest absolute Gasteiger partial charge is 0.329 e. The first-order valence-electron chi connectivity index (χ1n) is 7.93. The monoisotopic (exact) mass is 386 g/mol. The SMILES string of the molecule is CC[C@]1(c2ccccc2)NC(=O)N(CC(=O)NC(=O)NCC(F)(F)F)C1=O. The summed E-state index contributed by atoms with van der Waals surface area (Å²) in [7, 11) is 0. The second-order valence-electron chi connectivity index (χ2n) is 5.79. The minimum Gasteiger partial charge on any atom is -0.329 e. The van der Waals surface area contributed by atoms with E-state index in [1.54, 1.807) is 42.6 Å². The number of carbonyl (C=O) groups excluding carboxylic acids is 4.